The molecule has 0 spiro atoms. The van der Waals surface area contributed by atoms with E-state index in [1.807, 2.05) is 59.2 Å². The van der Waals surface area contributed by atoms with Gasteiger partial charge in [-0.25, -0.2) is 0 Å². The highest BCUT2D eigenvalue weighted by atomic mass is 32.2. The number of hydrogen-bond donors (Lipinski definition) is 0. The van der Waals surface area contributed by atoms with Gasteiger partial charge in [-0.15, -0.1) is 10.2 Å². The van der Waals surface area contributed by atoms with E-state index < -0.39 is 0 Å². The summed E-state index contributed by atoms with van der Waals surface area (Å²) in [5.74, 6) is 1.46. The molecule has 7 heteroatoms. The maximum absolute atomic E-state index is 11.8. The molecule has 6 nitrogen and oxygen atoms in total. The SMILES string of the molecule is CCCCOc1ccc(-c2nnc(SCC(=O)OCC)n2-c2ccccc2)cc1. The number of nitrogens with zero attached hydrogens (tertiary/aromatic N) is 3. The van der Waals surface area contributed by atoms with Crippen LogP contribution in [0.15, 0.2) is 59.8 Å². The quantitative estimate of drug-likeness (QED) is 0.272. The second-order valence-electron chi connectivity index (χ2n) is 6.30. The van der Waals surface area contributed by atoms with E-state index in [0.717, 1.165) is 29.8 Å². The maximum Gasteiger partial charge on any atom is 0.316 e. The van der Waals surface area contributed by atoms with Gasteiger partial charge in [0, 0.05) is 11.3 Å². The van der Waals surface area contributed by atoms with Gasteiger partial charge in [-0.05, 0) is 49.7 Å². The Bertz CT molecular complexity index is 911. The van der Waals surface area contributed by atoms with Gasteiger partial charge in [0.15, 0.2) is 11.0 Å². The Hall–Kier alpha value is -2.80. The van der Waals surface area contributed by atoms with E-state index in [1.165, 1.54) is 11.8 Å². The first-order valence-electron chi connectivity index (χ1n) is 9.75. The predicted octanol–water partition coefficient (Wildman–Crippen LogP) is 4.77. The number of para-hydroxylation sites is 1. The lowest BCUT2D eigenvalue weighted by Crippen LogP contribution is -2.08. The van der Waals surface area contributed by atoms with Crippen molar-refractivity contribution in [3.63, 3.8) is 0 Å². The van der Waals surface area contributed by atoms with Crippen LogP contribution in [0.4, 0.5) is 0 Å². The molecule has 0 aliphatic heterocycles. The van der Waals surface area contributed by atoms with E-state index in [2.05, 4.69) is 17.1 Å². The second-order valence-corrected chi connectivity index (χ2v) is 7.24. The molecule has 0 atom stereocenters. The summed E-state index contributed by atoms with van der Waals surface area (Å²) in [5.41, 5.74) is 1.86. The van der Waals surface area contributed by atoms with Crippen molar-refractivity contribution in [2.75, 3.05) is 19.0 Å². The second kappa shape index (κ2) is 10.7. The molecule has 152 valence electrons. The molecular formula is C22H25N3O3S. The number of rotatable bonds is 10. The van der Waals surface area contributed by atoms with E-state index in [9.17, 15) is 4.79 Å². The van der Waals surface area contributed by atoms with E-state index >= 15 is 0 Å². The molecule has 2 aromatic carbocycles. The standard InChI is InChI=1S/C22H25N3O3S/c1-3-5-15-28-19-13-11-17(12-14-19)21-23-24-22(29-16-20(26)27-4-2)25(21)18-9-7-6-8-10-18/h6-14H,3-5,15-16H2,1-2H3. The number of unbranched alkanes of at least 4 members (excludes halogenated alkanes) is 1. The number of hydrogen-bond acceptors (Lipinski definition) is 6. The fourth-order valence-electron chi connectivity index (χ4n) is 2.72. The van der Waals surface area contributed by atoms with Crippen molar-refractivity contribution in [2.24, 2.45) is 0 Å². The average Bonchev–Trinajstić information content (AvgIpc) is 3.18. The Morgan fingerprint density at radius 1 is 1.03 bits per heavy atom. The van der Waals surface area contributed by atoms with Gasteiger partial charge in [-0.3, -0.25) is 9.36 Å². The van der Waals surface area contributed by atoms with E-state index in [1.54, 1.807) is 6.92 Å². The summed E-state index contributed by atoms with van der Waals surface area (Å²) in [6.07, 6.45) is 2.13. The van der Waals surface area contributed by atoms with Crippen molar-refractivity contribution in [2.45, 2.75) is 31.8 Å². The molecule has 0 unspecified atom stereocenters. The van der Waals surface area contributed by atoms with Crippen LogP contribution in [0.3, 0.4) is 0 Å². The predicted molar refractivity (Wildman–Crippen MR) is 115 cm³/mol. The van der Waals surface area contributed by atoms with Crippen molar-refractivity contribution < 1.29 is 14.3 Å². The normalized spacial score (nSPS) is 10.7. The van der Waals surface area contributed by atoms with Crippen LogP contribution < -0.4 is 4.74 Å². The Labute approximate surface area is 175 Å². The van der Waals surface area contributed by atoms with Crippen LogP contribution in [0.25, 0.3) is 17.1 Å². The molecule has 1 heterocycles. The van der Waals surface area contributed by atoms with Crippen molar-refractivity contribution in [3.05, 3.63) is 54.6 Å². The third kappa shape index (κ3) is 5.60. The largest absolute Gasteiger partial charge is 0.494 e. The van der Waals surface area contributed by atoms with Gasteiger partial charge in [0.1, 0.15) is 5.75 Å². The molecule has 1 aromatic heterocycles. The third-order valence-corrected chi connectivity index (χ3v) is 5.05. The molecule has 0 saturated carbocycles. The van der Waals surface area contributed by atoms with Gasteiger partial charge in [0.25, 0.3) is 0 Å². The number of thioether (sulfide) groups is 1. The van der Waals surface area contributed by atoms with Gasteiger partial charge in [0.05, 0.1) is 19.0 Å². The Morgan fingerprint density at radius 3 is 2.48 bits per heavy atom. The molecule has 0 saturated heterocycles. The highest BCUT2D eigenvalue weighted by Gasteiger charge is 2.17. The first-order valence-corrected chi connectivity index (χ1v) is 10.7. The zero-order chi connectivity index (χ0) is 20.5. The number of esters is 1. The molecule has 0 aliphatic carbocycles. The number of carbonyl (C=O) groups is 1. The lowest BCUT2D eigenvalue weighted by atomic mass is 10.2. The Morgan fingerprint density at radius 2 is 1.79 bits per heavy atom. The molecular weight excluding hydrogens is 386 g/mol. The smallest absolute Gasteiger partial charge is 0.316 e. The summed E-state index contributed by atoms with van der Waals surface area (Å²) in [7, 11) is 0. The van der Waals surface area contributed by atoms with Gasteiger partial charge in [0.2, 0.25) is 0 Å². The molecule has 29 heavy (non-hydrogen) atoms. The van der Waals surface area contributed by atoms with Crippen LogP contribution in [0.5, 0.6) is 5.75 Å². The van der Waals surface area contributed by atoms with Crippen molar-refractivity contribution in [1.82, 2.24) is 14.8 Å². The first kappa shape index (κ1) is 20.9. The zero-order valence-electron chi connectivity index (χ0n) is 16.7. The molecule has 0 fully saturated rings. The molecule has 0 N–H and O–H groups in total. The number of benzene rings is 2. The fourth-order valence-corrected chi connectivity index (χ4v) is 3.47. The maximum atomic E-state index is 11.8. The Balaban J connectivity index is 1.87. The minimum Gasteiger partial charge on any atom is -0.494 e. The van der Waals surface area contributed by atoms with Crippen LogP contribution >= 0.6 is 11.8 Å². The average molecular weight is 412 g/mol. The molecule has 0 amide bonds. The van der Waals surface area contributed by atoms with Crippen LogP contribution in [-0.2, 0) is 9.53 Å². The van der Waals surface area contributed by atoms with E-state index in [0.29, 0.717) is 24.2 Å². The summed E-state index contributed by atoms with van der Waals surface area (Å²) >= 11 is 1.31. The van der Waals surface area contributed by atoms with E-state index in [4.69, 9.17) is 9.47 Å². The first-order chi connectivity index (χ1) is 14.2. The highest BCUT2D eigenvalue weighted by molar-refractivity contribution is 7.99. The minimum atomic E-state index is -0.268. The molecule has 0 radical (unpaired) electrons. The highest BCUT2D eigenvalue weighted by Crippen LogP contribution is 2.29. The van der Waals surface area contributed by atoms with Gasteiger partial charge >= 0.3 is 5.97 Å². The van der Waals surface area contributed by atoms with Crippen molar-refractivity contribution >= 4 is 17.7 Å². The monoisotopic (exact) mass is 411 g/mol. The number of aromatic nitrogens is 3. The topological polar surface area (TPSA) is 66.2 Å². The lowest BCUT2D eigenvalue weighted by Gasteiger charge is -2.11. The molecule has 3 aromatic rings. The summed E-state index contributed by atoms with van der Waals surface area (Å²) in [6.45, 7) is 5.01. The summed E-state index contributed by atoms with van der Waals surface area (Å²) < 4.78 is 12.7. The number of ether oxygens (including phenoxy) is 2. The molecule has 0 aliphatic rings. The van der Waals surface area contributed by atoms with E-state index in [-0.39, 0.29) is 11.7 Å². The third-order valence-electron chi connectivity index (χ3n) is 4.15. The summed E-state index contributed by atoms with van der Waals surface area (Å²) in [4.78, 5) is 11.8. The number of carbonyl (C=O) groups excluding carboxylic acids is 1. The summed E-state index contributed by atoms with van der Waals surface area (Å²) in [6, 6.07) is 17.7. The van der Waals surface area contributed by atoms with Crippen LogP contribution in [0, 0.1) is 0 Å². The van der Waals surface area contributed by atoms with Gasteiger partial charge < -0.3 is 9.47 Å². The van der Waals surface area contributed by atoms with Crippen molar-refractivity contribution in [1.29, 1.82) is 0 Å². The van der Waals surface area contributed by atoms with Crippen LogP contribution in [0.2, 0.25) is 0 Å². The van der Waals surface area contributed by atoms with Gasteiger partial charge in [-0.2, -0.15) is 0 Å². The molecule has 0 bridgehead atoms. The summed E-state index contributed by atoms with van der Waals surface area (Å²) in [5, 5.41) is 9.35. The molecule has 3 rings (SSSR count). The zero-order valence-corrected chi connectivity index (χ0v) is 17.5. The van der Waals surface area contributed by atoms with Crippen LogP contribution in [0.1, 0.15) is 26.7 Å². The fraction of sp³-hybridized carbons (Fsp3) is 0.318. The van der Waals surface area contributed by atoms with Crippen LogP contribution in [-0.4, -0.2) is 39.7 Å². The minimum absolute atomic E-state index is 0.184. The Kier molecular flexibility index (Phi) is 7.69. The lowest BCUT2D eigenvalue weighted by molar-refractivity contribution is -0.139. The van der Waals surface area contributed by atoms with Crippen molar-refractivity contribution in [3.8, 4) is 22.8 Å². The van der Waals surface area contributed by atoms with Gasteiger partial charge in [-0.1, -0.05) is 43.3 Å².